The van der Waals surface area contributed by atoms with Gasteiger partial charge in [0.25, 0.3) is 0 Å². The van der Waals surface area contributed by atoms with E-state index in [0.717, 1.165) is 13.1 Å². The lowest BCUT2D eigenvalue weighted by Gasteiger charge is -2.28. The van der Waals surface area contributed by atoms with Crippen LogP contribution in [0.3, 0.4) is 0 Å². The van der Waals surface area contributed by atoms with E-state index in [0.29, 0.717) is 13.2 Å². The molecular formula is C9H23NO3Si. The zero-order chi connectivity index (χ0) is 11.0. The number of methoxy groups -OCH3 is 2. The molecule has 0 rings (SSSR count). The van der Waals surface area contributed by atoms with Gasteiger partial charge in [-0.1, -0.05) is 0 Å². The van der Waals surface area contributed by atoms with Crippen molar-refractivity contribution in [2.45, 2.75) is 19.6 Å². The lowest BCUT2D eigenvalue weighted by Crippen LogP contribution is -2.40. The lowest BCUT2D eigenvalue weighted by atomic mass is 10.6. The predicted octanol–water partition coefficient (Wildman–Crippen LogP) is 1.35. The second-order valence-corrected chi connectivity index (χ2v) is 8.53. The first-order chi connectivity index (χ1) is 6.49. The summed E-state index contributed by atoms with van der Waals surface area (Å²) in [5.41, 5.74) is 0. The molecule has 0 aromatic heterocycles. The van der Waals surface area contributed by atoms with Crippen LogP contribution in [0, 0.1) is 0 Å². The summed E-state index contributed by atoms with van der Waals surface area (Å²) in [4.78, 5) is 0. The highest BCUT2D eigenvalue weighted by Crippen LogP contribution is 2.06. The van der Waals surface area contributed by atoms with Gasteiger partial charge in [-0.15, -0.1) is 0 Å². The molecule has 0 heterocycles. The molecule has 0 aromatic carbocycles. The monoisotopic (exact) mass is 221 g/mol. The van der Waals surface area contributed by atoms with E-state index in [2.05, 4.69) is 19.6 Å². The van der Waals surface area contributed by atoms with Crippen LogP contribution in [0.5, 0.6) is 0 Å². The number of hydrogen-bond donors (Lipinski definition) is 0. The molecule has 0 aliphatic rings. The van der Waals surface area contributed by atoms with Gasteiger partial charge in [0.15, 0.2) is 0 Å². The van der Waals surface area contributed by atoms with Crippen LogP contribution < -0.4 is 0 Å². The number of rotatable bonds is 8. The van der Waals surface area contributed by atoms with E-state index in [1.54, 1.807) is 14.2 Å². The third-order valence-electron chi connectivity index (χ3n) is 1.49. The topological polar surface area (TPSA) is 30.9 Å². The Kier molecular flexibility index (Phi) is 7.39. The molecule has 14 heavy (non-hydrogen) atoms. The largest absolute Gasteiger partial charge is 0.383 e. The molecular weight excluding hydrogens is 198 g/mol. The Morgan fingerprint density at radius 2 is 1.36 bits per heavy atom. The number of nitrogens with zero attached hydrogens (tertiary/aromatic N) is 1. The van der Waals surface area contributed by atoms with Crippen LogP contribution >= 0.6 is 0 Å². The highest BCUT2D eigenvalue weighted by molar-refractivity contribution is 6.69. The van der Waals surface area contributed by atoms with Crippen molar-refractivity contribution >= 4 is 8.32 Å². The van der Waals surface area contributed by atoms with E-state index in [-0.39, 0.29) is 0 Å². The maximum atomic E-state index is 5.85. The van der Waals surface area contributed by atoms with Crippen LogP contribution in [0.15, 0.2) is 0 Å². The maximum Gasteiger partial charge on any atom is 0.212 e. The summed E-state index contributed by atoms with van der Waals surface area (Å²) in [7, 11) is 1.89. The zero-order valence-corrected chi connectivity index (χ0v) is 11.0. The van der Waals surface area contributed by atoms with E-state index in [4.69, 9.17) is 14.0 Å². The number of hydrogen-bond acceptors (Lipinski definition) is 4. The molecule has 0 aliphatic carbocycles. The van der Waals surface area contributed by atoms with Crippen molar-refractivity contribution in [3.05, 3.63) is 0 Å². The smallest absolute Gasteiger partial charge is 0.212 e. The Bertz CT molecular complexity index is 131. The van der Waals surface area contributed by atoms with E-state index in [1.165, 1.54) is 0 Å². The Morgan fingerprint density at radius 1 is 0.929 bits per heavy atom. The van der Waals surface area contributed by atoms with Gasteiger partial charge >= 0.3 is 0 Å². The fourth-order valence-corrected chi connectivity index (χ4v) is 1.93. The van der Waals surface area contributed by atoms with Gasteiger partial charge in [0.05, 0.1) is 13.2 Å². The third-order valence-corrected chi connectivity index (χ3v) is 2.30. The molecule has 0 N–H and O–H groups in total. The molecule has 0 radical (unpaired) electrons. The second-order valence-electron chi connectivity index (χ2n) is 4.12. The summed E-state index contributed by atoms with van der Waals surface area (Å²) < 4.78 is 15.9. The summed E-state index contributed by atoms with van der Waals surface area (Å²) in [6.07, 6.45) is 0. The molecule has 0 aliphatic heterocycles. The highest BCUT2D eigenvalue weighted by atomic mass is 28.4. The van der Waals surface area contributed by atoms with Gasteiger partial charge in [0.2, 0.25) is 8.32 Å². The minimum absolute atomic E-state index is 0.689. The molecule has 0 saturated heterocycles. The molecule has 0 unspecified atom stereocenters. The lowest BCUT2D eigenvalue weighted by molar-refractivity contribution is -0.0904. The molecule has 0 amide bonds. The quantitative estimate of drug-likeness (QED) is 0.457. The molecule has 0 aromatic rings. The fraction of sp³-hybridized carbons (Fsp3) is 1.00. The van der Waals surface area contributed by atoms with Gasteiger partial charge in [0.1, 0.15) is 0 Å². The summed E-state index contributed by atoms with van der Waals surface area (Å²) >= 11 is 0. The average Bonchev–Trinajstić information content (AvgIpc) is 2.07. The molecule has 5 heteroatoms. The van der Waals surface area contributed by atoms with Gasteiger partial charge in [-0.25, -0.2) is 0 Å². The Labute approximate surface area is 88.2 Å². The first-order valence-corrected chi connectivity index (χ1v) is 8.32. The maximum absolute atomic E-state index is 5.85. The van der Waals surface area contributed by atoms with Crippen molar-refractivity contribution in [2.24, 2.45) is 0 Å². The van der Waals surface area contributed by atoms with Gasteiger partial charge in [-0.3, -0.25) is 0 Å². The van der Waals surface area contributed by atoms with Crippen LogP contribution in [0.1, 0.15) is 0 Å². The molecule has 0 saturated carbocycles. The van der Waals surface area contributed by atoms with E-state index >= 15 is 0 Å². The van der Waals surface area contributed by atoms with Crippen molar-refractivity contribution in [3.63, 3.8) is 0 Å². The molecule has 4 nitrogen and oxygen atoms in total. The Balaban J connectivity index is 3.84. The Morgan fingerprint density at radius 3 is 1.64 bits per heavy atom. The highest BCUT2D eigenvalue weighted by Gasteiger charge is 2.19. The average molecular weight is 221 g/mol. The SMILES string of the molecule is COCCN(CCOC)O[Si](C)(C)C. The zero-order valence-electron chi connectivity index (χ0n) is 10.0. The standard InChI is InChI=1S/C9H23NO3Si/c1-11-8-6-10(7-9-12-2)13-14(3,4)5/h6-9H2,1-5H3. The van der Waals surface area contributed by atoms with Gasteiger partial charge in [-0.2, -0.15) is 5.06 Å². The number of ether oxygens (including phenoxy) is 2. The second kappa shape index (κ2) is 7.36. The first kappa shape index (κ1) is 14.1. The first-order valence-electron chi connectivity index (χ1n) is 4.91. The van der Waals surface area contributed by atoms with Gasteiger partial charge in [-0.05, 0) is 19.6 Å². The molecule has 0 spiro atoms. The molecule has 0 fully saturated rings. The van der Waals surface area contributed by atoms with E-state index in [9.17, 15) is 0 Å². The molecule has 86 valence electrons. The van der Waals surface area contributed by atoms with E-state index in [1.807, 2.05) is 5.06 Å². The summed E-state index contributed by atoms with van der Waals surface area (Å²) in [5, 5.41) is 1.94. The minimum Gasteiger partial charge on any atom is -0.383 e. The summed E-state index contributed by atoms with van der Waals surface area (Å²) in [6.45, 7) is 9.47. The van der Waals surface area contributed by atoms with Crippen molar-refractivity contribution in [3.8, 4) is 0 Å². The fourth-order valence-electron chi connectivity index (χ4n) is 0.977. The Hall–Kier alpha value is 0.0569. The van der Waals surface area contributed by atoms with Gasteiger partial charge in [0, 0.05) is 27.3 Å². The van der Waals surface area contributed by atoms with Crippen LogP contribution in [0.4, 0.5) is 0 Å². The normalized spacial score (nSPS) is 12.4. The summed E-state index contributed by atoms with van der Waals surface area (Å²) in [5.74, 6) is 0. The van der Waals surface area contributed by atoms with Crippen molar-refractivity contribution in [1.82, 2.24) is 5.06 Å². The van der Waals surface area contributed by atoms with Crippen molar-refractivity contribution in [1.29, 1.82) is 0 Å². The van der Waals surface area contributed by atoms with Gasteiger partial charge < -0.3 is 14.0 Å². The van der Waals surface area contributed by atoms with Crippen LogP contribution in [-0.4, -0.2) is 53.9 Å². The predicted molar refractivity (Wildman–Crippen MR) is 59.8 cm³/mol. The minimum atomic E-state index is -1.51. The van der Waals surface area contributed by atoms with Crippen molar-refractivity contribution in [2.75, 3.05) is 40.5 Å². The van der Waals surface area contributed by atoms with E-state index < -0.39 is 8.32 Å². The third kappa shape index (κ3) is 8.65. The summed E-state index contributed by atoms with van der Waals surface area (Å²) in [6, 6.07) is 0. The number of hydroxylamine groups is 2. The molecule has 0 bridgehead atoms. The van der Waals surface area contributed by atoms with Crippen LogP contribution in [0.25, 0.3) is 0 Å². The van der Waals surface area contributed by atoms with Crippen LogP contribution in [0.2, 0.25) is 19.6 Å². The van der Waals surface area contributed by atoms with Crippen LogP contribution in [-0.2, 0) is 14.0 Å². The molecule has 0 atom stereocenters. The van der Waals surface area contributed by atoms with Crippen molar-refractivity contribution < 1.29 is 14.0 Å².